The van der Waals surface area contributed by atoms with Crippen molar-refractivity contribution in [3.8, 4) is 0 Å². The number of amides is 1. The van der Waals surface area contributed by atoms with E-state index in [0.29, 0.717) is 12.5 Å². The molecule has 1 atom stereocenters. The van der Waals surface area contributed by atoms with Crippen molar-refractivity contribution < 1.29 is 4.79 Å². The van der Waals surface area contributed by atoms with Crippen molar-refractivity contribution in [1.82, 2.24) is 5.32 Å². The largest absolute Gasteiger partial charge is 0.349 e. The fraction of sp³-hybridized carbons (Fsp3) is 0.588. The van der Waals surface area contributed by atoms with E-state index in [2.05, 4.69) is 28.2 Å². The third-order valence-electron chi connectivity index (χ3n) is 4.82. The van der Waals surface area contributed by atoms with Crippen LogP contribution in [0.1, 0.15) is 51.1 Å². The molecule has 1 aliphatic rings. The average Bonchev–Trinajstić information content (AvgIpc) is 2.48. The number of nitrogens with one attached hydrogen (secondary N) is 1. The van der Waals surface area contributed by atoms with Gasteiger partial charge in [0.2, 0.25) is 5.91 Å². The molecular weight excluding hydrogens is 328 g/mol. The Labute approximate surface area is 135 Å². The molecule has 0 radical (unpaired) electrons. The highest BCUT2D eigenvalue weighted by Gasteiger charge is 2.40. The van der Waals surface area contributed by atoms with Crippen molar-refractivity contribution >= 4 is 21.8 Å². The van der Waals surface area contributed by atoms with Gasteiger partial charge in [0.25, 0.3) is 0 Å². The zero-order valence-corrected chi connectivity index (χ0v) is 14.4. The highest BCUT2D eigenvalue weighted by Crippen LogP contribution is 2.39. The van der Waals surface area contributed by atoms with E-state index < -0.39 is 0 Å². The van der Waals surface area contributed by atoms with Crippen LogP contribution in [0.5, 0.6) is 0 Å². The van der Waals surface area contributed by atoms with Crippen LogP contribution in [0, 0.1) is 11.3 Å². The highest BCUT2D eigenvalue weighted by molar-refractivity contribution is 9.10. The number of rotatable bonds is 4. The predicted molar refractivity (Wildman–Crippen MR) is 89.8 cm³/mol. The first-order chi connectivity index (χ1) is 9.98. The van der Waals surface area contributed by atoms with Crippen molar-refractivity contribution in [2.24, 2.45) is 17.1 Å². The fourth-order valence-corrected chi connectivity index (χ4v) is 3.72. The van der Waals surface area contributed by atoms with E-state index in [1.54, 1.807) is 0 Å². The van der Waals surface area contributed by atoms with Crippen LogP contribution in [0.3, 0.4) is 0 Å². The molecule has 1 aromatic carbocycles. The Kier molecular flexibility index (Phi) is 5.44. The fourth-order valence-electron chi connectivity index (χ4n) is 3.09. The van der Waals surface area contributed by atoms with Gasteiger partial charge in [0, 0.05) is 11.0 Å². The monoisotopic (exact) mass is 352 g/mol. The second-order valence-corrected chi connectivity index (χ2v) is 7.24. The van der Waals surface area contributed by atoms with Gasteiger partial charge in [0.15, 0.2) is 0 Å². The van der Waals surface area contributed by atoms with Gasteiger partial charge in [0.1, 0.15) is 0 Å². The minimum Gasteiger partial charge on any atom is -0.349 e. The Balaban J connectivity index is 2.08. The van der Waals surface area contributed by atoms with Crippen LogP contribution in [-0.2, 0) is 4.79 Å². The molecule has 2 rings (SSSR count). The lowest BCUT2D eigenvalue weighted by atomic mass is 9.70. The summed E-state index contributed by atoms with van der Waals surface area (Å²) in [6.07, 6.45) is 3.99. The Morgan fingerprint density at radius 2 is 2.05 bits per heavy atom. The Bertz CT molecular complexity index is 495. The van der Waals surface area contributed by atoms with Crippen LogP contribution in [0.2, 0.25) is 0 Å². The molecule has 0 aromatic heterocycles. The van der Waals surface area contributed by atoms with E-state index >= 15 is 0 Å². The van der Waals surface area contributed by atoms with Gasteiger partial charge < -0.3 is 11.1 Å². The minimum absolute atomic E-state index is 0.0177. The minimum atomic E-state index is -0.373. The summed E-state index contributed by atoms with van der Waals surface area (Å²) in [4.78, 5) is 12.7. The molecule has 1 amide bonds. The van der Waals surface area contributed by atoms with Gasteiger partial charge in [-0.25, -0.2) is 0 Å². The van der Waals surface area contributed by atoms with E-state index in [1.807, 2.05) is 31.2 Å². The zero-order valence-electron chi connectivity index (χ0n) is 12.9. The topological polar surface area (TPSA) is 55.1 Å². The first-order valence-corrected chi connectivity index (χ1v) is 8.53. The van der Waals surface area contributed by atoms with E-state index in [4.69, 9.17) is 5.73 Å². The molecule has 0 bridgehead atoms. The summed E-state index contributed by atoms with van der Waals surface area (Å²) in [6, 6.07) is 7.98. The molecule has 0 saturated heterocycles. The Morgan fingerprint density at radius 3 is 2.62 bits per heavy atom. The lowest BCUT2D eigenvalue weighted by Crippen LogP contribution is -2.48. The van der Waals surface area contributed by atoms with Crippen molar-refractivity contribution in [1.29, 1.82) is 0 Å². The summed E-state index contributed by atoms with van der Waals surface area (Å²) in [7, 11) is 0. The second-order valence-electron chi connectivity index (χ2n) is 6.38. The van der Waals surface area contributed by atoms with E-state index in [1.165, 1.54) is 0 Å². The quantitative estimate of drug-likeness (QED) is 0.866. The molecule has 116 valence electrons. The molecule has 1 aromatic rings. The Hall–Kier alpha value is -0.870. The summed E-state index contributed by atoms with van der Waals surface area (Å²) in [5, 5.41) is 3.16. The van der Waals surface area contributed by atoms with Crippen LogP contribution >= 0.6 is 15.9 Å². The van der Waals surface area contributed by atoms with Gasteiger partial charge >= 0.3 is 0 Å². The molecule has 1 fully saturated rings. The van der Waals surface area contributed by atoms with Crippen LogP contribution < -0.4 is 11.1 Å². The Morgan fingerprint density at radius 1 is 1.43 bits per heavy atom. The average molecular weight is 353 g/mol. The predicted octanol–water partition coefficient (Wildman–Crippen LogP) is 3.78. The maximum atomic E-state index is 12.7. The van der Waals surface area contributed by atoms with Crippen LogP contribution in [0.25, 0.3) is 0 Å². The van der Waals surface area contributed by atoms with Crippen molar-refractivity contribution in [2.75, 3.05) is 6.54 Å². The molecule has 21 heavy (non-hydrogen) atoms. The summed E-state index contributed by atoms with van der Waals surface area (Å²) in [5.41, 5.74) is 6.69. The number of nitrogens with two attached hydrogens (primary N) is 1. The number of carbonyl (C=O) groups excluding carboxylic acids is 1. The highest BCUT2D eigenvalue weighted by atomic mass is 79.9. The van der Waals surface area contributed by atoms with Gasteiger partial charge in [-0.05, 0) is 50.2 Å². The molecule has 1 aliphatic carbocycles. The molecule has 0 spiro atoms. The van der Waals surface area contributed by atoms with Gasteiger partial charge in [-0.1, -0.05) is 41.1 Å². The summed E-state index contributed by atoms with van der Waals surface area (Å²) < 4.78 is 1.02. The molecule has 0 aliphatic heterocycles. The van der Waals surface area contributed by atoms with Gasteiger partial charge in [-0.3, -0.25) is 4.79 Å². The molecule has 3 nitrogen and oxygen atoms in total. The first kappa shape index (κ1) is 16.5. The third kappa shape index (κ3) is 3.67. The molecule has 3 N–H and O–H groups in total. The van der Waals surface area contributed by atoms with Crippen LogP contribution in [0.4, 0.5) is 0 Å². The second kappa shape index (κ2) is 6.93. The first-order valence-electron chi connectivity index (χ1n) is 7.74. The molecule has 0 heterocycles. The van der Waals surface area contributed by atoms with E-state index in [0.717, 1.165) is 35.7 Å². The number of halogens is 1. The van der Waals surface area contributed by atoms with Crippen LogP contribution in [0.15, 0.2) is 28.7 Å². The zero-order chi connectivity index (χ0) is 15.5. The molecule has 1 saturated carbocycles. The maximum Gasteiger partial charge on any atom is 0.227 e. The number of benzene rings is 1. The van der Waals surface area contributed by atoms with Crippen molar-refractivity contribution in [3.63, 3.8) is 0 Å². The molecular formula is C17H25BrN2O. The third-order valence-corrected chi connectivity index (χ3v) is 5.55. The number of carbonyl (C=O) groups is 1. The van der Waals surface area contributed by atoms with E-state index in [9.17, 15) is 4.79 Å². The number of hydrogen-bond acceptors (Lipinski definition) is 2. The maximum absolute atomic E-state index is 12.7. The normalized spacial score (nSPS) is 27.1. The van der Waals surface area contributed by atoms with Crippen LogP contribution in [-0.4, -0.2) is 12.5 Å². The number of hydrogen-bond donors (Lipinski definition) is 2. The smallest absolute Gasteiger partial charge is 0.227 e. The molecule has 0 unspecified atom stereocenters. The van der Waals surface area contributed by atoms with Gasteiger partial charge in [0.05, 0.1) is 11.5 Å². The lowest BCUT2D eigenvalue weighted by molar-refractivity contribution is -0.133. The molecule has 4 heteroatoms. The van der Waals surface area contributed by atoms with E-state index in [-0.39, 0.29) is 17.4 Å². The SMILES string of the molecule is CC1CCC(CN)(C(=O)N[C@H](C)c2ccccc2Br)CC1. The summed E-state index contributed by atoms with van der Waals surface area (Å²) in [6.45, 7) is 4.71. The summed E-state index contributed by atoms with van der Waals surface area (Å²) >= 11 is 3.55. The summed E-state index contributed by atoms with van der Waals surface area (Å²) in [5.74, 6) is 0.818. The van der Waals surface area contributed by atoms with Crippen molar-refractivity contribution in [3.05, 3.63) is 34.3 Å². The standard InChI is InChI=1S/C17H25BrN2O/c1-12-7-9-17(11-19,10-8-12)16(21)20-13(2)14-5-3-4-6-15(14)18/h3-6,12-13H,7-11,19H2,1-2H3,(H,20,21)/t12?,13-,17?/m1/s1. The lowest BCUT2D eigenvalue weighted by Gasteiger charge is -2.38. The van der Waals surface area contributed by atoms with Gasteiger partial charge in [-0.2, -0.15) is 0 Å². The van der Waals surface area contributed by atoms with Gasteiger partial charge in [-0.15, -0.1) is 0 Å². The van der Waals surface area contributed by atoms with Crippen molar-refractivity contribution in [2.45, 2.75) is 45.6 Å².